The second kappa shape index (κ2) is 6.48. The van der Waals surface area contributed by atoms with Crippen molar-refractivity contribution >= 4 is 11.8 Å². The minimum Gasteiger partial charge on any atom is -0.508 e. The maximum Gasteiger partial charge on any atom is 0.115 e. The summed E-state index contributed by atoms with van der Waals surface area (Å²) in [6.45, 7) is 2.25. The second-order valence-corrected chi connectivity index (χ2v) is 6.33. The van der Waals surface area contributed by atoms with Crippen LogP contribution in [0.2, 0.25) is 0 Å². The van der Waals surface area contributed by atoms with Gasteiger partial charge >= 0.3 is 0 Å². The Bertz CT molecular complexity index is 365. The van der Waals surface area contributed by atoms with E-state index in [1.807, 2.05) is 23.9 Å². The first kappa shape index (κ1) is 13.8. The smallest absolute Gasteiger partial charge is 0.115 e. The summed E-state index contributed by atoms with van der Waals surface area (Å²) in [6, 6.07) is 8.71. The van der Waals surface area contributed by atoms with Gasteiger partial charge in [-0.25, -0.2) is 0 Å². The normalized spacial score (nSPS) is 25.2. The molecule has 2 nitrogen and oxygen atoms in total. The fourth-order valence-electron chi connectivity index (χ4n) is 2.81. The molecule has 0 saturated heterocycles. The SMILES string of the molecule is CSC1CCCC1NC(C)Cc1ccc(O)cc1. The van der Waals surface area contributed by atoms with E-state index in [4.69, 9.17) is 0 Å². The predicted molar refractivity (Wildman–Crippen MR) is 79.4 cm³/mol. The number of rotatable bonds is 5. The fourth-order valence-corrected chi connectivity index (χ4v) is 3.75. The molecule has 0 bridgehead atoms. The number of hydrogen-bond donors (Lipinski definition) is 2. The van der Waals surface area contributed by atoms with Crippen LogP contribution in [0.3, 0.4) is 0 Å². The third kappa shape index (κ3) is 3.66. The van der Waals surface area contributed by atoms with Crippen LogP contribution in [-0.4, -0.2) is 28.7 Å². The Kier molecular flexibility index (Phi) is 4.95. The number of phenolic OH excluding ortho intramolecular Hbond substituents is 1. The molecule has 1 aliphatic rings. The molecule has 0 radical (unpaired) electrons. The molecule has 0 heterocycles. The minimum atomic E-state index is 0.345. The van der Waals surface area contributed by atoms with Gasteiger partial charge in [0, 0.05) is 17.3 Å². The molecule has 0 amide bonds. The van der Waals surface area contributed by atoms with Crippen molar-refractivity contribution in [1.29, 1.82) is 0 Å². The van der Waals surface area contributed by atoms with Gasteiger partial charge in [-0.05, 0) is 50.1 Å². The number of phenols is 1. The van der Waals surface area contributed by atoms with Crippen LogP contribution in [0.5, 0.6) is 5.75 Å². The van der Waals surface area contributed by atoms with Crippen LogP contribution in [0, 0.1) is 0 Å². The van der Waals surface area contributed by atoms with Gasteiger partial charge in [0.1, 0.15) is 5.75 Å². The molecule has 0 aliphatic heterocycles. The monoisotopic (exact) mass is 265 g/mol. The summed E-state index contributed by atoms with van der Waals surface area (Å²) >= 11 is 2.00. The molecule has 1 aromatic rings. The van der Waals surface area contributed by atoms with E-state index in [0.29, 0.717) is 17.8 Å². The topological polar surface area (TPSA) is 32.3 Å². The zero-order valence-electron chi connectivity index (χ0n) is 11.2. The molecule has 2 rings (SSSR count). The van der Waals surface area contributed by atoms with E-state index < -0.39 is 0 Å². The summed E-state index contributed by atoms with van der Waals surface area (Å²) in [5, 5.41) is 13.8. The second-order valence-electron chi connectivity index (χ2n) is 5.25. The summed E-state index contributed by atoms with van der Waals surface area (Å²) in [4.78, 5) is 0. The summed E-state index contributed by atoms with van der Waals surface area (Å²) in [7, 11) is 0. The molecule has 1 aliphatic carbocycles. The molecule has 0 spiro atoms. The van der Waals surface area contributed by atoms with Crippen LogP contribution >= 0.6 is 11.8 Å². The fraction of sp³-hybridized carbons (Fsp3) is 0.600. The van der Waals surface area contributed by atoms with Crippen molar-refractivity contribution in [3.63, 3.8) is 0 Å². The number of thioether (sulfide) groups is 1. The first-order chi connectivity index (χ1) is 8.69. The highest BCUT2D eigenvalue weighted by molar-refractivity contribution is 7.99. The molecule has 2 N–H and O–H groups in total. The Morgan fingerprint density at radius 3 is 2.72 bits per heavy atom. The van der Waals surface area contributed by atoms with Crippen LogP contribution in [0.1, 0.15) is 31.7 Å². The molecule has 18 heavy (non-hydrogen) atoms. The number of nitrogens with one attached hydrogen (secondary N) is 1. The van der Waals surface area contributed by atoms with E-state index in [1.165, 1.54) is 24.8 Å². The molecule has 1 fully saturated rings. The van der Waals surface area contributed by atoms with Crippen LogP contribution < -0.4 is 5.32 Å². The van der Waals surface area contributed by atoms with Crippen molar-refractivity contribution < 1.29 is 5.11 Å². The van der Waals surface area contributed by atoms with Crippen molar-refractivity contribution in [2.24, 2.45) is 0 Å². The highest BCUT2D eigenvalue weighted by Gasteiger charge is 2.27. The Hall–Kier alpha value is -0.670. The summed E-state index contributed by atoms with van der Waals surface area (Å²) in [5.74, 6) is 0.345. The molecule has 100 valence electrons. The maximum absolute atomic E-state index is 9.27. The molecular formula is C15H23NOS. The van der Waals surface area contributed by atoms with Gasteiger partial charge in [0.25, 0.3) is 0 Å². The standard InChI is InChI=1S/C15H23NOS/c1-11(10-12-6-8-13(17)9-7-12)16-14-4-3-5-15(14)18-2/h6-9,11,14-17H,3-5,10H2,1-2H3. The first-order valence-electron chi connectivity index (χ1n) is 6.76. The highest BCUT2D eigenvalue weighted by atomic mass is 32.2. The van der Waals surface area contributed by atoms with E-state index in [0.717, 1.165) is 11.7 Å². The highest BCUT2D eigenvalue weighted by Crippen LogP contribution is 2.28. The van der Waals surface area contributed by atoms with E-state index in [9.17, 15) is 5.11 Å². The summed E-state index contributed by atoms with van der Waals surface area (Å²) in [6.07, 6.45) is 7.26. The van der Waals surface area contributed by atoms with Crippen LogP contribution in [0.15, 0.2) is 24.3 Å². The van der Waals surface area contributed by atoms with Gasteiger partial charge in [0.05, 0.1) is 0 Å². The Balaban J connectivity index is 1.84. The van der Waals surface area contributed by atoms with Gasteiger partial charge in [-0.1, -0.05) is 18.6 Å². The van der Waals surface area contributed by atoms with Gasteiger partial charge in [0.2, 0.25) is 0 Å². The van der Waals surface area contributed by atoms with Gasteiger partial charge in [-0.15, -0.1) is 0 Å². The molecule has 3 atom stereocenters. The average molecular weight is 265 g/mol. The number of aromatic hydroxyl groups is 1. The number of benzene rings is 1. The van der Waals surface area contributed by atoms with E-state index in [-0.39, 0.29) is 0 Å². The van der Waals surface area contributed by atoms with Crippen LogP contribution in [0.4, 0.5) is 0 Å². The van der Waals surface area contributed by atoms with Gasteiger partial charge in [0.15, 0.2) is 0 Å². The van der Waals surface area contributed by atoms with Gasteiger partial charge < -0.3 is 10.4 Å². The third-order valence-electron chi connectivity index (χ3n) is 3.73. The summed E-state index contributed by atoms with van der Waals surface area (Å²) in [5.41, 5.74) is 1.28. The number of hydrogen-bond acceptors (Lipinski definition) is 3. The predicted octanol–water partition coefficient (Wildman–Crippen LogP) is 3.20. The Morgan fingerprint density at radius 1 is 1.33 bits per heavy atom. The van der Waals surface area contributed by atoms with Crippen molar-refractivity contribution in [3.05, 3.63) is 29.8 Å². The van der Waals surface area contributed by atoms with Crippen molar-refractivity contribution in [3.8, 4) is 5.75 Å². The van der Waals surface area contributed by atoms with Crippen molar-refractivity contribution in [2.75, 3.05) is 6.26 Å². The molecule has 0 aromatic heterocycles. The third-order valence-corrected chi connectivity index (χ3v) is 4.90. The van der Waals surface area contributed by atoms with Gasteiger partial charge in [-0.2, -0.15) is 11.8 Å². The molecular weight excluding hydrogens is 242 g/mol. The minimum absolute atomic E-state index is 0.345. The Morgan fingerprint density at radius 2 is 2.06 bits per heavy atom. The first-order valence-corrected chi connectivity index (χ1v) is 8.04. The lowest BCUT2D eigenvalue weighted by Crippen LogP contribution is -2.41. The van der Waals surface area contributed by atoms with Crippen molar-refractivity contribution in [1.82, 2.24) is 5.32 Å². The molecule has 1 aromatic carbocycles. The molecule has 3 heteroatoms. The van der Waals surface area contributed by atoms with Gasteiger partial charge in [-0.3, -0.25) is 0 Å². The lowest BCUT2D eigenvalue weighted by Gasteiger charge is -2.24. The van der Waals surface area contributed by atoms with E-state index in [2.05, 4.69) is 18.5 Å². The van der Waals surface area contributed by atoms with Crippen LogP contribution in [0.25, 0.3) is 0 Å². The lowest BCUT2D eigenvalue weighted by atomic mass is 10.1. The summed E-state index contributed by atoms with van der Waals surface area (Å²) < 4.78 is 0. The van der Waals surface area contributed by atoms with E-state index >= 15 is 0 Å². The van der Waals surface area contributed by atoms with Crippen molar-refractivity contribution in [2.45, 2.75) is 49.9 Å². The lowest BCUT2D eigenvalue weighted by molar-refractivity contribution is 0.452. The molecule has 3 unspecified atom stereocenters. The van der Waals surface area contributed by atoms with E-state index in [1.54, 1.807) is 12.1 Å². The quantitative estimate of drug-likeness (QED) is 0.857. The average Bonchev–Trinajstić information content (AvgIpc) is 2.79. The maximum atomic E-state index is 9.27. The van der Waals surface area contributed by atoms with Crippen LogP contribution in [-0.2, 0) is 6.42 Å². The largest absolute Gasteiger partial charge is 0.508 e. The zero-order valence-corrected chi connectivity index (χ0v) is 12.0. The zero-order chi connectivity index (χ0) is 13.0. The molecule has 1 saturated carbocycles. The Labute approximate surface area is 114 Å².